The Morgan fingerprint density at radius 2 is 1.26 bits per heavy atom. The molecule has 0 bridgehead atoms. The van der Waals surface area contributed by atoms with Gasteiger partial charge in [0.2, 0.25) is 11.8 Å². The van der Waals surface area contributed by atoms with Crippen molar-refractivity contribution in [3.8, 4) is 11.1 Å². The van der Waals surface area contributed by atoms with Gasteiger partial charge in [-0.1, -0.05) is 42.5 Å². The van der Waals surface area contributed by atoms with Crippen molar-refractivity contribution < 1.29 is 9.59 Å². The number of anilines is 3. The topological polar surface area (TPSA) is 61.4 Å². The summed E-state index contributed by atoms with van der Waals surface area (Å²) in [6, 6.07) is 24.9. The lowest BCUT2D eigenvalue weighted by atomic mass is 10.0. The van der Waals surface area contributed by atoms with Crippen LogP contribution in [0.15, 0.2) is 78.9 Å². The molecular weight excluding hydrogens is 338 g/mol. The Bertz CT molecular complexity index is 920. The number of nitrogens with zero attached hydrogens (tertiary/aromatic N) is 1. The van der Waals surface area contributed by atoms with Crippen molar-refractivity contribution in [1.82, 2.24) is 0 Å². The van der Waals surface area contributed by atoms with Crippen molar-refractivity contribution in [3.63, 3.8) is 0 Å². The van der Waals surface area contributed by atoms with Gasteiger partial charge < -0.3 is 5.32 Å². The zero-order valence-electron chi connectivity index (χ0n) is 15.3. The fourth-order valence-electron chi connectivity index (χ4n) is 2.72. The lowest BCUT2D eigenvalue weighted by Crippen LogP contribution is -2.34. The van der Waals surface area contributed by atoms with Crippen LogP contribution in [0.4, 0.5) is 17.1 Å². The number of hydrogen-bond donors (Lipinski definition) is 2. The highest BCUT2D eigenvalue weighted by Gasteiger charge is 2.11. The van der Waals surface area contributed by atoms with Gasteiger partial charge in [0.15, 0.2) is 0 Å². The van der Waals surface area contributed by atoms with Crippen molar-refractivity contribution in [3.05, 3.63) is 78.9 Å². The molecule has 2 N–H and O–H groups in total. The molecule has 0 fully saturated rings. The second kappa shape index (κ2) is 8.19. The van der Waals surface area contributed by atoms with E-state index in [0.29, 0.717) is 0 Å². The molecule has 0 saturated heterocycles. The van der Waals surface area contributed by atoms with Gasteiger partial charge >= 0.3 is 0 Å². The van der Waals surface area contributed by atoms with E-state index in [2.05, 4.69) is 10.7 Å². The van der Waals surface area contributed by atoms with Crippen LogP contribution in [0.1, 0.15) is 13.8 Å². The van der Waals surface area contributed by atoms with Crippen LogP contribution in [-0.2, 0) is 9.59 Å². The molecule has 2 amide bonds. The fourth-order valence-corrected chi connectivity index (χ4v) is 2.72. The number of hydrazine groups is 1. The molecule has 0 spiro atoms. The predicted molar refractivity (Wildman–Crippen MR) is 109 cm³/mol. The number of amides is 2. The minimum absolute atomic E-state index is 0.0951. The van der Waals surface area contributed by atoms with E-state index in [1.54, 1.807) is 0 Å². The van der Waals surface area contributed by atoms with Gasteiger partial charge in [-0.05, 0) is 47.5 Å². The van der Waals surface area contributed by atoms with Crippen LogP contribution < -0.4 is 15.8 Å². The molecule has 5 nitrogen and oxygen atoms in total. The van der Waals surface area contributed by atoms with Gasteiger partial charge in [0.25, 0.3) is 0 Å². The van der Waals surface area contributed by atoms with Crippen molar-refractivity contribution in [2.24, 2.45) is 0 Å². The Hall–Kier alpha value is -3.60. The Kier molecular flexibility index (Phi) is 5.52. The highest BCUT2D eigenvalue weighted by Crippen LogP contribution is 2.25. The van der Waals surface area contributed by atoms with Crippen molar-refractivity contribution in [1.29, 1.82) is 0 Å². The van der Waals surface area contributed by atoms with Gasteiger partial charge in [-0.25, -0.2) is 5.01 Å². The first-order chi connectivity index (χ1) is 13.0. The second-order valence-electron chi connectivity index (χ2n) is 6.14. The summed E-state index contributed by atoms with van der Waals surface area (Å²) in [5.74, 6) is -0.200. The van der Waals surface area contributed by atoms with Gasteiger partial charge in [0.05, 0.1) is 11.4 Å². The van der Waals surface area contributed by atoms with E-state index < -0.39 is 0 Å². The van der Waals surface area contributed by atoms with Crippen LogP contribution in [-0.4, -0.2) is 11.8 Å². The van der Waals surface area contributed by atoms with E-state index in [9.17, 15) is 9.59 Å². The van der Waals surface area contributed by atoms with E-state index in [1.807, 2.05) is 78.9 Å². The predicted octanol–water partition coefficient (Wildman–Crippen LogP) is 4.69. The molecule has 3 aromatic rings. The Labute approximate surface area is 158 Å². The summed E-state index contributed by atoms with van der Waals surface area (Å²) in [4.78, 5) is 23.2. The number of rotatable bonds is 5. The lowest BCUT2D eigenvalue weighted by molar-refractivity contribution is -0.116. The third-order valence-corrected chi connectivity index (χ3v) is 3.99. The zero-order chi connectivity index (χ0) is 19.2. The maximum absolute atomic E-state index is 12.1. The molecule has 0 radical (unpaired) electrons. The first-order valence-electron chi connectivity index (χ1n) is 8.63. The average Bonchev–Trinajstić information content (AvgIpc) is 2.67. The number of para-hydroxylation sites is 1. The summed E-state index contributed by atoms with van der Waals surface area (Å²) in [6.07, 6.45) is 0. The molecule has 0 aliphatic carbocycles. The normalized spacial score (nSPS) is 10.1. The molecule has 0 aliphatic heterocycles. The summed E-state index contributed by atoms with van der Waals surface area (Å²) < 4.78 is 0. The fraction of sp³-hybridized carbons (Fsp3) is 0.0909. The molecule has 27 heavy (non-hydrogen) atoms. The highest BCUT2D eigenvalue weighted by molar-refractivity contribution is 5.94. The third-order valence-electron chi connectivity index (χ3n) is 3.99. The van der Waals surface area contributed by atoms with Crippen LogP contribution in [0, 0.1) is 0 Å². The molecule has 3 aromatic carbocycles. The largest absolute Gasteiger partial charge is 0.326 e. The molecule has 0 aromatic heterocycles. The summed E-state index contributed by atoms with van der Waals surface area (Å²) in [5, 5.41) is 4.26. The molecule has 0 heterocycles. The highest BCUT2D eigenvalue weighted by atomic mass is 16.2. The second-order valence-corrected chi connectivity index (χ2v) is 6.14. The van der Waals surface area contributed by atoms with Gasteiger partial charge in [-0.15, -0.1) is 0 Å². The summed E-state index contributed by atoms with van der Waals surface area (Å²) >= 11 is 0. The molecule has 136 valence electrons. The SMILES string of the molecule is CC(=O)Nc1ccc(-c2ccc(N(Nc3ccccc3)C(C)=O)cc2)cc1. The van der Waals surface area contributed by atoms with Crippen LogP contribution in [0.2, 0.25) is 0 Å². The molecule has 5 heteroatoms. The number of nitrogens with one attached hydrogen (secondary N) is 2. The zero-order valence-corrected chi connectivity index (χ0v) is 15.3. The Morgan fingerprint density at radius 3 is 1.78 bits per heavy atom. The number of carbonyl (C=O) groups is 2. The Morgan fingerprint density at radius 1 is 0.704 bits per heavy atom. The molecule has 0 aliphatic rings. The molecule has 0 unspecified atom stereocenters. The Balaban J connectivity index is 1.78. The van der Waals surface area contributed by atoms with Crippen LogP contribution in [0.5, 0.6) is 0 Å². The van der Waals surface area contributed by atoms with E-state index in [1.165, 1.54) is 18.9 Å². The summed E-state index contributed by atoms with van der Waals surface area (Å²) in [6.45, 7) is 3.00. The number of benzene rings is 3. The monoisotopic (exact) mass is 359 g/mol. The summed E-state index contributed by atoms with van der Waals surface area (Å²) in [5.41, 5.74) is 7.53. The van der Waals surface area contributed by atoms with Crippen molar-refractivity contribution >= 4 is 28.9 Å². The molecule has 0 saturated carbocycles. The van der Waals surface area contributed by atoms with Crippen molar-refractivity contribution in [2.75, 3.05) is 15.8 Å². The molecular formula is C22H21N3O2. The van der Waals surface area contributed by atoms with E-state index >= 15 is 0 Å². The standard InChI is InChI=1S/C22H21N3O2/c1-16(26)23-20-12-8-18(9-13-20)19-10-14-22(15-11-19)25(17(2)27)24-21-6-4-3-5-7-21/h3-15,24H,1-2H3,(H,23,26). The third kappa shape index (κ3) is 4.73. The van der Waals surface area contributed by atoms with Gasteiger partial charge in [0.1, 0.15) is 0 Å². The first kappa shape index (κ1) is 18.2. The minimum atomic E-state index is -0.105. The maximum Gasteiger partial charge on any atom is 0.242 e. The van der Waals surface area contributed by atoms with Crippen LogP contribution >= 0.6 is 0 Å². The average molecular weight is 359 g/mol. The lowest BCUT2D eigenvalue weighted by Gasteiger charge is -2.23. The van der Waals surface area contributed by atoms with Crippen LogP contribution in [0.3, 0.4) is 0 Å². The number of carbonyl (C=O) groups excluding carboxylic acids is 2. The van der Waals surface area contributed by atoms with Gasteiger partial charge in [0, 0.05) is 19.5 Å². The minimum Gasteiger partial charge on any atom is -0.326 e. The number of hydrogen-bond acceptors (Lipinski definition) is 3. The van der Waals surface area contributed by atoms with Crippen molar-refractivity contribution in [2.45, 2.75) is 13.8 Å². The summed E-state index contributed by atoms with van der Waals surface area (Å²) in [7, 11) is 0. The van der Waals surface area contributed by atoms with Crippen LogP contribution in [0.25, 0.3) is 11.1 Å². The van der Waals surface area contributed by atoms with Gasteiger partial charge in [-0.3, -0.25) is 15.0 Å². The quantitative estimate of drug-likeness (QED) is 0.650. The first-order valence-corrected chi connectivity index (χ1v) is 8.63. The van der Waals surface area contributed by atoms with E-state index in [4.69, 9.17) is 0 Å². The van der Waals surface area contributed by atoms with E-state index in [0.717, 1.165) is 28.2 Å². The molecule has 0 atom stereocenters. The van der Waals surface area contributed by atoms with Gasteiger partial charge in [-0.2, -0.15) is 0 Å². The maximum atomic E-state index is 12.1. The van der Waals surface area contributed by atoms with E-state index in [-0.39, 0.29) is 11.8 Å². The molecule has 3 rings (SSSR count). The smallest absolute Gasteiger partial charge is 0.242 e.